The molecule has 0 spiro atoms. The van der Waals surface area contributed by atoms with Gasteiger partial charge in [0, 0.05) is 0 Å². The van der Waals surface area contributed by atoms with E-state index in [0.29, 0.717) is 5.56 Å². The molecular formula is C15H20O4. The quantitative estimate of drug-likeness (QED) is 0.784. The van der Waals surface area contributed by atoms with Crippen LogP contribution in [-0.2, 0) is 14.3 Å². The molecule has 0 fully saturated rings. The van der Waals surface area contributed by atoms with Gasteiger partial charge in [0.1, 0.15) is 11.7 Å². The van der Waals surface area contributed by atoms with E-state index in [9.17, 15) is 9.59 Å². The number of hydrogen-bond acceptors (Lipinski definition) is 4. The van der Waals surface area contributed by atoms with Gasteiger partial charge < -0.3 is 9.47 Å². The second-order valence-electron chi connectivity index (χ2n) is 5.37. The van der Waals surface area contributed by atoms with Gasteiger partial charge in [-0.2, -0.15) is 0 Å². The van der Waals surface area contributed by atoms with Crippen LogP contribution in [0.2, 0.25) is 0 Å². The number of esters is 2. The van der Waals surface area contributed by atoms with Crippen LogP contribution in [0.25, 0.3) is 0 Å². The first-order valence-electron chi connectivity index (χ1n) is 6.26. The highest BCUT2D eigenvalue weighted by Crippen LogP contribution is 2.11. The molecule has 1 rings (SSSR count). The van der Waals surface area contributed by atoms with Crippen molar-refractivity contribution in [2.75, 3.05) is 0 Å². The van der Waals surface area contributed by atoms with E-state index in [1.807, 2.05) is 6.07 Å². The zero-order valence-electron chi connectivity index (χ0n) is 11.8. The number of hydrogen-bond donors (Lipinski definition) is 0. The van der Waals surface area contributed by atoms with E-state index in [2.05, 4.69) is 0 Å². The summed E-state index contributed by atoms with van der Waals surface area (Å²) >= 11 is 0. The third kappa shape index (κ3) is 6.04. The molecule has 0 bridgehead atoms. The van der Waals surface area contributed by atoms with Gasteiger partial charge in [0.15, 0.2) is 0 Å². The van der Waals surface area contributed by atoms with Gasteiger partial charge in [-0.15, -0.1) is 0 Å². The molecule has 19 heavy (non-hydrogen) atoms. The zero-order chi connectivity index (χ0) is 14.5. The lowest BCUT2D eigenvalue weighted by Gasteiger charge is -2.21. The average molecular weight is 264 g/mol. The van der Waals surface area contributed by atoms with Crippen molar-refractivity contribution in [1.82, 2.24) is 0 Å². The van der Waals surface area contributed by atoms with E-state index in [1.54, 1.807) is 52.0 Å². The summed E-state index contributed by atoms with van der Waals surface area (Å²) in [5.41, 5.74) is -0.0567. The molecule has 1 aromatic rings. The van der Waals surface area contributed by atoms with Crippen LogP contribution >= 0.6 is 0 Å². The van der Waals surface area contributed by atoms with Crippen molar-refractivity contribution < 1.29 is 19.1 Å². The van der Waals surface area contributed by atoms with Gasteiger partial charge in [0.05, 0.1) is 12.0 Å². The Morgan fingerprint density at radius 3 is 2.26 bits per heavy atom. The number of carbonyl (C=O) groups excluding carboxylic acids is 2. The molecule has 1 unspecified atom stereocenters. The van der Waals surface area contributed by atoms with Crippen LogP contribution in [0.5, 0.6) is 0 Å². The third-order valence-electron chi connectivity index (χ3n) is 2.19. The van der Waals surface area contributed by atoms with Crippen molar-refractivity contribution in [3.8, 4) is 0 Å². The first-order valence-corrected chi connectivity index (χ1v) is 6.26. The lowest BCUT2D eigenvalue weighted by Crippen LogP contribution is -2.27. The van der Waals surface area contributed by atoms with Crippen molar-refractivity contribution in [3.63, 3.8) is 0 Å². The fourth-order valence-corrected chi connectivity index (χ4v) is 1.48. The fraction of sp³-hybridized carbons (Fsp3) is 0.467. The molecule has 0 aromatic heterocycles. The largest absolute Gasteiger partial charge is 0.460 e. The maximum absolute atomic E-state index is 11.7. The number of carbonyl (C=O) groups is 2. The predicted molar refractivity (Wildman–Crippen MR) is 71.8 cm³/mol. The Kier molecular flexibility index (Phi) is 5.10. The van der Waals surface area contributed by atoms with Crippen molar-refractivity contribution in [1.29, 1.82) is 0 Å². The minimum absolute atomic E-state index is 0.0514. The van der Waals surface area contributed by atoms with Crippen molar-refractivity contribution >= 4 is 11.9 Å². The SMILES string of the molecule is CC(CC(=O)OC(C)(C)C)OC(=O)c1ccccc1. The van der Waals surface area contributed by atoms with Crippen LogP contribution in [0, 0.1) is 0 Å². The van der Waals surface area contributed by atoms with Crippen LogP contribution in [0.1, 0.15) is 44.5 Å². The summed E-state index contributed by atoms with van der Waals surface area (Å²) in [7, 11) is 0. The summed E-state index contributed by atoms with van der Waals surface area (Å²) in [5.74, 6) is -0.808. The molecule has 0 amide bonds. The van der Waals surface area contributed by atoms with Crippen LogP contribution in [0.15, 0.2) is 30.3 Å². The van der Waals surface area contributed by atoms with Crippen molar-refractivity contribution in [2.45, 2.75) is 45.8 Å². The van der Waals surface area contributed by atoms with E-state index in [0.717, 1.165) is 0 Å². The van der Waals surface area contributed by atoms with E-state index < -0.39 is 17.7 Å². The molecule has 1 atom stereocenters. The molecule has 1 aromatic carbocycles. The average Bonchev–Trinajstić information content (AvgIpc) is 2.27. The predicted octanol–water partition coefficient (Wildman–Crippen LogP) is 2.96. The molecule has 0 radical (unpaired) electrons. The minimum atomic E-state index is -0.528. The molecule has 104 valence electrons. The fourth-order valence-electron chi connectivity index (χ4n) is 1.48. The Morgan fingerprint density at radius 2 is 1.74 bits per heavy atom. The zero-order valence-corrected chi connectivity index (χ0v) is 11.8. The standard InChI is InChI=1S/C15H20O4/c1-11(10-13(16)19-15(2,3)4)18-14(17)12-8-6-5-7-9-12/h5-9,11H,10H2,1-4H3. The molecular weight excluding hydrogens is 244 g/mol. The highest BCUT2D eigenvalue weighted by molar-refractivity contribution is 5.89. The molecule has 4 nitrogen and oxygen atoms in total. The number of ether oxygens (including phenoxy) is 2. The second-order valence-corrected chi connectivity index (χ2v) is 5.37. The lowest BCUT2D eigenvalue weighted by molar-refractivity contribution is -0.156. The van der Waals surface area contributed by atoms with Crippen LogP contribution in [-0.4, -0.2) is 23.6 Å². The summed E-state index contributed by atoms with van der Waals surface area (Å²) in [6.45, 7) is 7.06. The summed E-state index contributed by atoms with van der Waals surface area (Å²) in [5, 5.41) is 0. The summed E-state index contributed by atoms with van der Waals surface area (Å²) in [6.07, 6.45) is -0.460. The summed E-state index contributed by atoms with van der Waals surface area (Å²) in [6, 6.07) is 8.68. The first kappa shape index (κ1) is 15.2. The molecule has 0 saturated heterocycles. The summed E-state index contributed by atoms with van der Waals surface area (Å²) < 4.78 is 10.3. The molecule has 0 heterocycles. The second kappa shape index (κ2) is 6.36. The molecule has 0 saturated carbocycles. The lowest BCUT2D eigenvalue weighted by atomic mass is 10.2. The van der Waals surface area contributed by atoms with Crippen molar-refractivity contribution in [3.05, 3.63) is 35.9 Å². The van der Waals surface area contributed by atoms with E-state index in [1.165, 1.54) is 0 Å². The summed E-state index contributed by atoms with van der Waals surface area (Å²) in [4.78, 5) is 23.3. The van der Waals surface area contributed by atoms with E-state index in [4.69, 9.17) is 9.47 Å². The molecule has 0 N–H and O–H groups in total. The van der Waals surface area contributed by atoms with E-state index in [-0.39, 0.29) is 12.4 Å². The molecule has 4 heteroatoms. The van der Waals surface area contributed by atoms with E-state index >= 15 is 0 Å². The van der Waals surface area contributed by atoms with Gasteiger partial charge in [0.25, 0.3) is 0 Å². The molecule has 0 aliphatic carbocycles. The van der Waals surface area contributed by atoms with Gasteiger partial charge in [0.2, 0.25) is 0 Å². The monoisotopic (exact) mass is 264 g/mol. The van der Waals surface area contributed by atoms with Gasteiger partial charge in [-0.25, -0.2) is 4.79 Å². The Hall–Kier alpha value is -1.84. The van der Waals surface area contributed by atoms with Gasteiger partial charge in [-0.05, 0) is 39.8 Å². The van der Waals surface area contributed by atoms with Crippen LogP contribution in [0.3, 0.4) is 0 Å². The number of rotatable bonds is 4. The van der Waals surface area contributed by atoms with Gasteiger partial charge in [-0.3, -0.25) is 4.79 Å². The van der Waals surface area contributed by atoms with Gasteiger partial charge >= 0.3 is 11.9 Å². The van der Waals surface area contributed by atoms with Gasteiger partial charge in [-0.1, -0.05) is 18.2 Å². The third-order valence-corrected chi connectivity index (χ3v) is 2.19. The highest BCUT2D eigenvalue weighted by atomic mass is 16.6. The Bertz CT molecular complexity index is 431. The molecule has 0 aliphatic rings. The molecule has 0 aliphatic heterocycles. The smallest absolute Gasteiger partial charge is 0.338 e. The van der Waals surface area contributed by atoms with Crippen LogP contribution in [0.4, 0.5) is 0 Å². The Labute approximate surface area is 113 Å². The maximum atomic E-state index is 11.7. The normalized spacial score (nSPS) is 12.6. The first-order chi connectivity index (χ1) is 8.78. The topological polar surface area (TPSA) is 52.6 Å². The Balaban J connectivity index is 2.45. The minimum Gasteiger partial charge on any atom is -0.460 e. The number of benzene rings is 1. The Morgan fingerprint density at radius 1 is 1.16 bits per heavy atom. The van der Waals surface area contributed by atoms with Crippen LogP contribution < -0.4 is 0 Å². The highest BCUT2D eigenvalue weighted by Gasteiger charge is 2.20. The van der Waals surface area contributed by atoms with Crippen molar-refractivity contribution in [2.24, 2.45) is 0 Å². The maximum Gasteiger partial charge on any atom is 0.338 e.